The van der Waals surface area contributed by atoms with Crippen molar-refractivity contribution < 1.29 is 90.5 Å². The van der Waals surface area contributed by atoms with E-state index in [4.69, 9.17) is 54.8 Å². The fourth-order valence-corrected chi connectivity index (χ4v) is 10.1. The molecule has 3 aliphatic rings. The summed E-state index contributed by atoms with van der Waals surface area (Å²) in [6.45, 7) is -2.01. The van der Waals surface area contributed by atoms with Crippen LogP contribution in [0, 0.1) is 0 Å². The quantitative estimate of drug-likeness (QED) is 0.0240. The number of carbonyl (C=O) groups is 3. The van der Waals surface area contributed by atoms with Crippen LogP contribution in [0.25, 0.3) is 0 Å². The molecule has 80 heavy (non-hydrogen) atoms. The minimum Gasteiger partial charge on any atom is -0.394 e. The maximum Gasteiger partial charge on any atom is 0.356 e. The highest BCUT2D eigenvalue weighted by Crippen LogP contribution is 2.57. The van der Waals surface area contributed by atoms with Gasteiger partial charge in [-0.2, -0.15) is 0 Å². The van der Waals surface area contributed by atoms with Gasteiger partial charge in [-0.25, -0.2) is 14.4 Å². The predicted molar refractivity (Wildman–Crippen MR) is 269 cm³/mol. The topological polar surface area (TPSA) is 459 Å². The van der Waals surface area contributed by atoms with Crippen molar-refractivity contribution in [3.05, 3.63) is 99.3 Å². The van der Waals surface area contributed by atoms with Crippen molar-refractivity contribution in [2.45, 2.75) is 118 Å². The molecule has 0 saturated carbocycles. The Hall–Kier alpha value is -5.59. The summed E-state index contributed by atoms with van der Waals surface area (Å²) in [5.74, 6) is -3.34. The van der Waals surface area contributed by atoms with Crippen LogP contribution in [-0.4, -0.2) is 201 Å². The van der Waals surface area contributed by atoms with Gasteiger partial charge in [0.25, 0.3) is 16.7 Å². The standard InChI is InChI=1S/C43H62BN9O25P2/c1-21(74-32-22(18-54)75-38(35(32)70-16-10-26(56)46-4)52-13-7-29(59)49-41(52)63)79(65,66)72-20-24-33(36(71-17-11-27(57)47-5)39(77-24)53-14-8-30(60)50-42(53)64)78-43(2,44)80(67,68)73-19-23-31(61)34(69-15-9-25(55)45-3)37(76-23)51-12-6-28(58)48-40(51)62/h6-8,12-14,21-24,31-39,54,61H,9-11,15-20H2,1-5H3,(H,45,55)(H,46,56)(H,47,57)(H,65,66)(H,67,68)(H,48,58,62)(H,49,59,63)(H,50,60,64). The number of amides is 3. The van der Waals surface area contributed by atoms with Crippen molar-refractivity contribution in [3.8, 4) is 0 Å². The van der Waals surface area contributed by atoms with E-state index in [0.717, 1.165) is 64.3 Å². The largest absolute Gasteiger partial charge is 0.394 e. The van der Waals surface area contributed by atoms with Gasteiger partial charge in [-0.05, 0) is 13.8 Å². The maximum atomic E-state index is 14.3. The van der Waals surface area contributed by atoms with E-state index in [1.165, 1.54) is 21.1 Å². The lowest BCUT2D eigenvalue weighted by Crippen LogP contribution is -2.47. The molecule has 6 rings (SSSR count). The summed E-state index contributed by atoms with van der Waals surface area (Å²) in [6, 6.07) is 2.88. The second-order valence-corrected chi connectivity index (χ2v) is 22.5. The Morgan fingerprint density at radius 2 is 1.04 bits per heavy atom. The van der Waals surface area contributed by atoms with Crippen LogP contribution in [0.2, 0.25) is 0 Å². The van der Waals surface area contributed by atoms with Crippen LogP contribution in [0.1, 0.15) is 51.8 Å². The van der Waals surface area contributed by atoms with Crippen molar-refractivity contribution in [2.75, 3.05) is 60.8 Å². The van der Waals surface area contributed by atoms with E-state index in [1.807, 2.05) is 9.97 Å². The number of H-pyrrole nitrogens is 3. The van der Waals surface area contributed by atoms with E-state index in [-0.39, 0.29) is 32.5 Å². The molecule has 16 unspecified atom stereocenters. The first-order valence-corrected chi connectivity index (χ1v) is 27.7. The highest BCUT2D eigenvalue weighted by Gasteiger charge is 2.56. The molecule has 10 N–H and O–H groups in total. The zero-order chi connectivity index (χ0) is 58.9. The van der Waals surface area contributed by atoms with Gasteiger partial charge in [0.2, 0.25) is 17.7 Å². The van der Waals surface area contributed by atoms with Gasteiger partial charge in [-0.15, -0.1) is 0 Å². The van der Waals surface area contributed by atoms with Crippen molar-refractivity contribution in [1.29, 1.82) is 0 Å². The number of aromatic nitrogens is 6. The molecule has 3 aromatic heterocycles. The minimum absolute atomic E-state index is 0.207. The molecule has 3 saturated heterocycles. The summed E-state index contributed by atoms with van der Waals surface area (Å²) in [7, 11) is -0.0946. The van der Waals surface area contributed by atoms with Crippen LogP contribution >= 0.6 is 15.2 Å². The fraction of sp³-hybridized carbons (Fsp3) is 0.651. The summed E-state index contributed by atoms with van der Waals surface area (Å²) in [5.41, 5.74) is -5.45. The van der Waals surface area contributed by atoms with Gasteiger partial charge in [0.05, 0.1) is 39.6 Å². The van der Waals surface area contributed by atoms with Gasteiger partial charge < -0.3 is 82.9 Å². The number of hydrogen-bond donors (Lipinski definition) is 10. The number of nitrogens with zero attached hydrogens (tertiary/aromatic N) is 3. The number of aliphatic hydroxyl groups excluding tert-OH is 2. The number of aliphatic hydroxyl groups is 2. The van der Waals surface area contributed by atoms with Crippen molar-refractivity contribution in [3.63, 3.8) is 0 Å². The second kappa shape index (κ2) is 27.5. The Labute approximate surface area is 452 Å². The van der Waals surface area contributed by atoms with Crippen LogP contribution in [0.4, 0.5) is 0 Å². The van der Waals surface area contributed by atoms with Crippen LogP contribution in [0.5, 0.6) is 0 Å². The Balaban J connectivity index is 1.27. The molecule has 0 aliphatic carbocycles. The third-order valence-electron chi connectivity index (χ3n) is 12.8. The van der Waals surface area contributed by atoms with Gasteiger partial charge in [0.15, 0.2) is 24.5 Å². The Kier molecular flexibility index (Phi) is 21.8. The molecule has 0 spiro atoms. The Morgan fingerprint density at radius 3 is 1.46 bits per heavy atom. The molecule has 6 heterocycles. The summed E-state index contributed by atoms with van der Waals surface area (Å²) in [4.78, 5) is 141. The molecular formula is C43H62BN9O25P2. The lowest BCUT2D eigenvalue weighted by atomic mass is 10.00. The van der Waals surface area contributed by atoms with Crippen molar-refractivity contribution in [2.24, 2.45) is 0 Å². The molecule has 3 amide bonds. The lowest BCUT2D eigenvalue weighted by Gasteiger charge is -2.36. The van der Waals surface area contributed by atoms with E-state index in [2.05, 4.69) is 20.9 Å². The number of aromatic amines is 3. The van der Waals surface area contributed by atoms with E-state index in [9.17, 15) is 72.3 Å². The van der Waals surface area contributed by atoms with E-state index in [0.29, 0.717) is 0 Å². The molecule has 2 radical (unpaired) electrons. The first-order valence-electron chi connectivity index (χ1n) is 24.5. The lowest BCUT2D eigenvalue weighted by molar-refractivity contribution is -0.126. The monoisotopic (exact) mass is 1180 g/mol. The average Bonchev–Trinajstić information content (AvgIpc) is 4.05. The minimum atomic E-state index is -5.45. The summed E-state index contributed by atoms with van der Waals surface area (Å²) < 4.78 is 89.8. The predicted octanol–water partition coefficient (Wildman–Crippen LogP) is -5.39. The highest BCUT2D eigenvalue weighted by molar-refractivity contribution is 7.56. The van der Waals surface area contributed by atoms with Gasteiger partial charge >= 0.3 is 32.3 Å². The first kappa shape index (κ1) is 63.6. The van der Waals surface area contributed by atoms with Gasteiger partial charge in [0, 0.05) is 77.2 Å². The Morgan fingerprint density at radius 1 is 0.650 bits per heavy atom. The normalized spacial score (nSPS) is 28.3. The smallest absolute Gasteiger partial charge is 0.356 e. The Bertz CT molecular complexity index is 3110. The van der Waals surface area contributed by atoms with E-state index >= 15 is 0 Å². The molecule has 37 heteroatoms. The van der Waals surface area contributed by atoms with E-state index < -0.39 is 178 Å². The first-order chi connectivity index (χ1) is 37.8. The summed E-state index contributed by atoms with van der Waals surface area (Å²) >= 11 is 0. The molecule has 3 fully saturated rings. The molecule has 16 atom stereocenters. The number of ether oxygens (including phenoxy) is 8. The van der Waals surface area contributed by atoms with Crippen LogP contribution in [-0.2, 0) is 70.5 Å². The van der Waals surface area contributed by atoms with Crippen LogP contribution in [0.3, 0.4) is 0 Å². The van der Waals surface area contributed by atoms with Crippen molar-refractivity contribution in [1.82, 2.24) is 44.6 Å². The molecule has 0 bridgehead atoms. The number of nitrogens with one attached hydrogen (secondary N) is 6. The molecular weight excluding hydrogens is 1120 g/mol. The fourth-order valence-electron chi connectivity index (χ4n) is 8.42. The van der Waals surface area contributed by atoms with Crippen LogP contribution < -0.4 is 49.7 Å². The van der Waals surface area contributed by atoms with Gasteiger partial charge in [-0.3, -0.25) is 66.6 Å². The number of carbonyl (C=O) groups excluding carboxylic acids is 3. The SMILES string of the molecule is [B]C(C)(OC1C(COP(=O)(O)C(C)OC2C(CO)OC(n3ccc(=O)[nH]c3=O)C2OCCC(=O)NC)OC(n2ccc(=O)[nH]c2=O)C1OCCC(=O)NC)P(=O)(O)OCC1OC(n2ccc(=O)[nH]c2=O)C(OCCC(=O)NC)C1O. The summed E-state index contributed by atoms with van der Waals surface area (Å²) in [6.07, 6.45) is -16.8. The molecule has 3 aliphatic heterocycles. The van der Waals surface area contributed by atoms with Crippen molar-refractivity contribution >= 4 is 40.8 Å². The van der Waals surface area contributed by atoms with Gasteiger partial charge in [0.1, 0.15) is 68.0 Å². The third-order valence-corrected chi connectivity index (χ3v) is 16.1. The highest BCUT2D eigenvalue weighted by atomic mass is 31.2. The zero-order valence-corrected chi connectivity index (χ0v) is 45.3. The zero-order valence-electron chi connectivity index (χ0n) is 43.5. The van der Waals surface area contributed by atoms with Crippen LogP contribution in [0.15, 0.2) is 65.6 Å². The molecule has 0 aromatic carbocycles. The number of rotatable bonds is 28. The number of hydrogen-bond acceptors (Lipinski definition) is 23. The molecule has 34 nitrogen and oxygen atoms in total. The maximum absolute atomic E-state index is 14.3. The van der Waals surface area contributed by atoms with Gasteiger partial charge in [-0.1, -0.05) is 0 Å². The average molecular weight is 1180 g/mol. The molecule has 3 aromatic rings. The summed E-state index contributed by atoms with van der Waals surface area (Å²) in [5, 5.41) is 26.1. The molecule has 442 valence electrons. The second-order valence-electron chi connectivity index (χ2n) is 18.2. The third kappa shape index (κ3) is 15.3. The van der Waals surface area contributed by atoms with E-state index in [1.54, 1.807) is 0 Å².